The molecule has 0 spiro atoms. The van der Waals surface area contributed by atoms with Crippen molar-refractivity contribution in [1.29, 1.82) is 0 Å². The topological polar surface area (TPSA) is 26.3 Å². The summed E-state index contributed by atoms with van der Waals surface area (Å²) in [4.78, 5) is 11.7. The van der Waals surface area contributed by atoms with E-state index in [9.17, 15) is 9.18 Å². The zero-order valence-corrected chi connectivity index (χ0v) is 13.0. The first-order valence-corrected chi connectivity index (χ1v) is 7.37. The summed E-state index contributed by atoms with van der Waals surface area (Å²) in [6.07, 6.45) is 2.59. The molecule has 0 atom stereocenters. The van der Waals surface area contributed by atoms with Gasteiger partial charge in [-0.3, -0.25) is 4.79 Å². The lowest BCUT2D eigenvalue weighted by molar-refractivity contribution is -0.118. The Morgan fingerprint density at radius 2 is 2.05 bits per heavy atom. The first-order chi connectivity index (χ1) is 9.43. The lowest BCUT2D eigenvalue weighted by Crippen LogP contribution is -2.07. The van der Waals surface area contributed by atoms with Crippen LogP contribution in [0.4, 0.5) is 4.39 Å². The molecule has 0 unspecified atom stereocenters. The van der Waals surface area contributed by atoms with Crippen molar-refractivity contribution in [2.45, 2.75) is 53.4 Å². The zero-order valence-electron chi connectivity index (χ0n) is 13.0. The normalized spacial score (nSPS) is 10.9. The van der Waals surface area contributed by atoms with E-state index in [1.165, 1.54) is 6.07 Å². The van der Waals surface area contributed by atoms with E-state index in [1.54, 1.807) is 13.0 Å². The molecular formula is C17H25FO2. The molecule has 0 aromatic heterocycles. The Labute approximate surface area is 121 Å². The van der Waals surface area contributed by atoms with E-state index in [1.807, 2.05) is 6.92 Å². The highest BCUT2D eigenvalue weighted by Crippen LogP contribution is 2.22. The van der Waals surface area contributed by atoms with Crippen LogP contribution in [0.25, 0.3) is 0 Å². The lowest BCUT2D eigenvalue weighted by atomic mass is 10.0. The number of ether oxygens (including phenoxy) is 1. The smallest absolute Gasteiger partial charge is 0.137 e. The molecule has 0 saturated heterocycles. The molecule has 1 aromatic rings. The number of hydrogen-bond acceptors (Lipinski definition) is 2. The first kappa shape index (κ1) is 16.7. The molecule has 0 bridgehead atoms. The third-order valence-corrected chi connectivity index (χ3v) is 3.31. The van der Waals surface area contributed by atoms with Gasteiger partial charge in [0.2, 0.25) is 0 Å². The summed E-state index contributed by atoms with van der Waals surface area (Å²) in [5.74, 6) is 0.921. The predicted molar refractivity (Wildman–Crippen MR) is 79.7 cm³/mol. The zero-order chi connectivity index (χ0) is 15.1. The number of rotatable bonds is 8. The fourth-order valence-corrected chi connectivity index (χ4v) is 1.97. The van der Waals surface area contributed by atoms with E-state index in [0.29, 0.717) is 30.3 Å². The molecule has 0 fully saturated rings. The van der Waals surface area contributed by atoms with Crippen LogP contribution in [0.5, 0.6) is 5.75 Å². The molecule has 0 aliphatic heterocycles. The Balaban J connectivity index is 2.78. The summed E-state index contributed by atoms with van der Waals surface area (Å²) in [7, 11) is 0. The number of Topliss-reactive ketones (excluding diaryl/α,β-unsaturated/α-hetero) is 1. The van der Waals surface area contributed by atoms with Gasteiger partial charge in [0.15, 0.2) is 0 Å². The van der Waals surface area contributed by atoms with Crippen LogP contribution in [0.3, 0.4) is 0 Å². The summed E-state index contributed by atoms with van der Waals surface area (Å²) in [6, 6.07) is 3.20. The molecular weight excluding hydrogens is 255 g/mol. The maximum atomic E-state index is 13.9. The van der Waals surface area contributed by atoms with Gasteiger partial charge < -0.3 is 4.74 Å². The second-order valence-corrected chi connectivity index (χ2v) is 5.69. The SMILES string of the molecule is CCCC(=O)Cc1cc(OCCC(C)C)cc(F)c1C. The van der Waals surface area contributed by atoms with Crippen molar-refractivity contribution in [2.24, 2.45) is 5.92 Å². The number of benzene rings is 1. The Morgan fingerprint density at radius 1 is 1.35 bits per heavy atom. The van der Waals surface area contributed by atoms with Gasteiger partial charge in [-0.15, -0.1) is 0 Å². The fraction of sp³-hybridized carbons (Fsp3) is 0.588. The van der Waals surface area contributed by atoms with Crippen molar-refractivity contribution in [3.63, 3.8) is 0 Å². The minimum atomic E-state index is -0.300. The van der Waals surface area contributed by atoms with Crippen LogP contribution >= 0.6 is 0 Å². The van der Waals surface area contributed by atoms with Crippen LogP contribution in [0, 0.1) is 18.7 Å². The van der Waals surface area contributed by atoms with Gasteiger partial charge in [-0.25, -0.2) is 4.39 Å². The van der Waals surface area contributed by atoms with Gasteiger partial charge in [0.05, 0.1) is 6.61 Å². The molecule has 0 N–H and O–H groups in total. The Kier molecular flexibility index (Phi) is 6.69. The molecule has 0 amide bonds. The monoisotopic (exact) mass is 280 g/mol. The van der Waals surface area contributed by atoms with Crippen LogP contribution < -0.4 is 4.74 Å². The van der Waals surface area contributed by atoms with Crippen LogP contribution in [0.2, 0.25) is 0 Å². The third kappa shape index (κ3) is 5.32. The van der Waals surface area contributed by atoms with E-state index in [4.69, 9.17) is 4.74 Å². The molecule has 0 saturated carbocycles. The van der Waals surface area contributed by atoms with Crippen molar-refractivity contribution >= 4 is 5.78 Å². The molecule has 2 nitrogen and oxygen atoms in total. The minimum absolute atomic E-state index is 0.148. The average molecular weight is 280 g/mol. The molecule has 20 heavy (non-hydrogen) atoms. The van der Waals surface area contributed by atoms with Gasteiger partial charge in [-0.1, -0.05) is 20.8 Å². The molecule has 3 heteroatoms. The van der Waals surface area contributed by atoms with Crippen LogP contribution in [-0.2, 0) is 11.2 Å². The van der Waals surface area contributed by atoms with Gasteiger partial charge in [-0.05, 0) is 42.9 Å². The number of hydrogen-bond donors (Lipinski definition) is 0. The Bertz CT molecular complexity index is 453. The third-order valence-electron chi connectivity index (χ3n) is 3.31. The molecule has 0 aliphatic carbocycles. The van der Waals surface area contributed by atoms with Crippen LogP contribution in [-0.4, -0.2) is 12.4 Å². The summed E-state index contributed by atoms with van der Waals surface area (Å²) < 4.78 is 19.5. The Hall–Kier alpha value is -1.38. The molecule has 0 heterocycles. The van der Waals surface area contributed by atoms with Crippen LogP contribution in [0.15, 0.2) is 12.1 Å². The second kappa shape index (κ2) is 8.03. The molecule has 1 aromatic carbocycles. The minimum Gasteiger partial charge on any atom is -0.493 e. The summed E-state index contributed by atoms with van der Waals surface area (Å²) in [5.41, 5.74) is 1.29. The standard InChI is InChI=1S/C17H25FO2/c1-5-6-15(19)9-14-10-16(11-17(18)13(14)4)20-8-7-12(2)3/h10-12H,5-9H2,1-4H3. The highest BCUT2D eigenvalue weighted by atomic mass is 19.1. The van der Waals surface area contributed by atoms with Gasteiger partial charge in [-0.2, -0.15) is 0 Å². The second-order valence-electron chi connectivity index (χ2n) is 5.69. The van der Waals surface area contributed by atoms with Gasteiger partial charge >= 0.3 is 0 Å². The van der Waals surface area contributed by atoms with E-state index in [2.05, 4.69) is 13.8 Å². The molecule has 112 valence electrons. The first-order valence-electron chi connectivity index (χ1n) is 7.37. The number of ketones is 1. The summed E-state index contributed by atoms with van der Waals surface area (Å²) in [6.45, 7) is 8.49. The maximum Gasteiger partial charge on any atom is 0.137 e. The van der Waals surface area contributed by atoms with Crippen molar-refractivity contribution in [1.82, 2.24) is 0 Å². The largest absolute Gasteiger partial charge is 0.493 e. The highest BCUT2D eigenvalue weighted by Gasteiger charge is 2.11. The van der Waals surface area contributed by atoms with E-state index >= 15 is 0 Å². The number of halogens is 1. The van der Waals surface area contributed by atoms with Crippen molar-refractivity contribution in [3.8, 4) is 5.75 Å². The average Bonchev–Trinajstić information content (AvgIpc) is 2.35. The molecule has 0 radical (unpaired) electrons. The van der Waals surface area contributed by atoms with Gasteiger partial charge in [0.1, 0.15) is 17.3 Å². The number of carbonyl (C=O) groups excluding carboxylic acids is 1. The lowest BCUT2D eigenvalue weighted by Gasteiger charge is -2.12. The maximum absolute atomic E-state index is 13.9. The van der Waals surface area contributed by atoms with E-state index in [-0.39, 0.29) is 18.0 Å². The predicted octanol–water partition coefficient (Wildman–Crippen LogP) is 4.47. The fourth-order valence-electron chi connectivity index (χ4n) is 1.97. The van der Waals surface area contributed by atoms with Gasteiger partial charge in [0.25, 0.3) is 0 Å². The van der Waals surface area contributed by atoms with E-state index < -0.39 is 0 Å². The highest BCUT2D eigenvalue weighted by molar-refractivity contribution is 5.81. The quantitative estimate of drug-likeness (QED) is 0.702. The molecule has 1 rings (SSSR count). The van der Waals surface area contributed by atoms with Gasteiger partial charge in [0, 0.05) is 18.9 Å². The summed E-state index contributed by atoms with van der Waals surface area (Å²) in [5, 5.41) is 0. The molecule has 0 aliphatic rings. The van der Waals surface area contributed by atoms with Crippen molar-refractivity contribution < 1.29 is 13.9 Å². The number of carbonyl (C=O) groups is 1. The van der Waals surface area contributed by atoms with Crippen LogP contribution in [0.1, 0.15) is 51.2 Å². The van der Waals surface area contributed by atoms with E-state index in [0.717, 1.165) is 18.4 Å². The van der Waals surface area contributed by atoms with Crippen molar-refractivity contribution in [2.75, 3.05) is 6.61 Å². The summed E-state index contributed by atoms with van der Waals surface area (Å²) >= 11 is 0. The Morgan fingerprint density at radius 3 is 2.65 bits per heavy atom. The van der Waals surface area contributed by atoms with Crippen molar-refractivity contribution in [3.05, 3.63) is 29.1 Å².